The van der Waals surface area contributed by atoms with E-state index in [1.807, 2.05) is 13.0 Å². The standard InChI is InChI=1S/C11H12O3/c1-11(10(13)14-2)6-7-3-4-8(12)5-9(7)11/h3-5,12H,6H2,1-2H3. The molecule has 0 aliphatic heterocycles. The second kappa shape index (κ2) is 2.74. The highest BCUT2D eigenvalue weighted by Crippen LogP contribution is 2.43. The fourth-order valence-electron chi connectivity index (χ4n) is 2.01. The van der Waals surface area contributed by atoms with Crippen LogP contribution in [0.2, 0.25) is 0 Å². The van der Waals surface area contributed by atoms with Crippen molar-refractivity contribution in [3.63, 3.8) is 0 Å². The van der Waals surface area contributed by atoms with E-state index in [9.17, 15) is 9.90 Å². The molecule has 0 bridgehead atoms. The van der Waals surface area contributed by atoms with Crippen LogP contribution in [-0.4, -0.2) is 18.2 Å². The Kier molecular flexibility index (Phi) is 1.77. The van der Waals surface area contributed by atoms with Crippen LogP contribution in [0.3, 0.4) is 0 Å². The Morgan fingerprint density at radius 2 is 2.29 bits per heavy atom. The van der Waals surface area contributed by atoms with Gasteiger partial charge in [-0.15, -0.1) is 0 Å². The van der Waals surface area contributed by atoms with Gasteiger partial charge in [0, 0.05) is 0 Å². The summed E-state index contributed by atoms with van der Waals surface area (Å²) < 4.78 is 4.73. The number of methoxy groups -OCH3 is 1. The zero-order valence-electron chi connectivity index (χ0n) is 8.20. The fourth-order valence-corrected chi connectivity index (χ4v) is 2.01. The average Bonchev–Trinajstić information content (AvgIpc) is 2.18. The Morgan fingerprint density at radius 3 is 2.93 bits per heavy atom. The van der Waals surface area contributed by atoms with Crippen LogP contribution in [0.15, 0.2) is 18.2 Å². The van der Waals surface area contributed by atoms with E-state index < -0.39 is 5.41 Å². The largest absolute Gasteiger partial charge is 0.508 e. The second-order valence-electron chi connectivity index (χ2n) is 3.84. The lowest BCUT2D eigenvalue weighted by Crippen LogP contribution is -2.44. The minimum Gasteiger partial charge on any atom is -0.508 e. The molecule has 0 heterocycles. The predicted molar refractivity (Wildman–Crippen MR) is 51.2 cm³/mol. The van der Waals surface area contributed by atoms with Gasteiger partial charge in [0.15, 0.2) is 0 Å². The van der Waals surface area contributed by atoms with Gasteiger partial charge in [-0.1, -0.05) is 6.07 Å². The van der Waals surface area contributed by atoms with Crippen LogP contribution in [-0.2, 0) is 21.4 Å². The molecule has 3 heteroatoms. The minimum absolute atomic E-state index is 0.193. The van der Waals surface area contributed by atoms with Gasteiger partial charge in [-0.3, -0.25) is 4.79 Å². The third-order valence-electron chi connectivity index (χ3n) is 2.87. The summed E-state index contributed by atoms with van der Waals surface area (Å²) in [5, 5.41) is 9.31. The Bertz CT molecular complexity index is 398. The summed E-state index contributed by atoms with van der Waals surface area (Å²) >= 11 is 0. The molecule has 3 nitrogen and oxygen atoms in total. The molecular weight excluding hydrogens is 180 g/mol. The van der Waals surface area contributed by atoms with Gasteiger partial charge in [0.25, 0.3) is 0 Å². The number of benzene rings is 1. The minimum atomic E-state index is -0.567. The number of carbonyl (C=O) groups is 1. The number of phenols is 1. The third-order valence-corrected chi connectivity index (χ3v) is 2.87. The van der Waals surface area contributed by atoms with E-state index in [0.717, 1.165) is 11.1 Å². The molecule has 0 radical (unpaired) electrons. The smallest absolute Gasteiger partial charge is 0.316 e. The fraction of sp³-hybridized carbons (Fsp3) is 0.364. The lowest BCUT2D eigenvalue weighted by molar-refractivity contribution is -0.147. The summed E-state index contributed by atoms with van der Waals surface area (Å²) in [4.78, 5) is 11.5. The Labute approximate surface area is 82.3 Å². The van der Waals surface area contributed by atoms with Crippen LogP contribution >= 0.6 is 0 Å². The molecule has 1 aliphatic carbocycles. The lowest BCUT2D eigenvalue weighted by Gasteiger charge is -2.38. The average molecular weight is 192 g/mol. The van der Waals surface area contributed by atoms with E-state index >= 15 is 0 Å². The number of hydrogen-bond acceptors (Lipinski definition) is 3. The summed E-state index contributed by atoms with van der Waals surface area (Å²) in [6.45, 7) is 1.83. The summed E-state index contributed by atoms with van der Waals surface area (Å²) in [7, 11) is 1.38. The lowest BCUT2D eigenvalue weighted by atomic mass is 9.65. The predicted octanol–water partition coefficient (Wildman–Crippen LogP) is 1.38. The Morgan fingerprint density at radius 1 is 1.57 bits per heavy atom. The van der Waals surface area contributed by atoms with Gasteiger partial charge in [-0.2, -0.15) is 0 Å². The molecule has 14 heavy (non-hydrogen) atoms. The number of phenolic OH excluding ortho intramolecular Hbond substituents is 1. The van der Waals surface area contributed by atoms with Crippen LogP contribution in [0.4, 0.5) is 0 Å². The molecule has 1 N–H and O–H groups in total. The first-order valence-corrected chi connectivity index (χ1v) is 4.49. The highest BCUT2D eigenvalue weighted by molar-refractivity contribution is 5.86. The monoisotopic (exact) mass is 192 g/mol. The maximum absolute atomic E-state index is 11.5. The van der Waals surface area contributed by atoms with Gasteiger partial charge in [0.1, 0.15) is 5.75 Å². The van der Waals surface area contributed by atoms with Crippen molar-refractivity contribution >= 4 is 5.97 Å². The highest BCUT2D eigenvalue weighted by atomic mass is 16.5. The van der Waals surface area contributed by atoms with Crippen LogP contribution in [0.5, 0.6) is 5.75 Å². The molecule has 0 aromatic heterocycles. The van der Waals surface area contributed by atoms with Gasteiger partial charge < -0.3 is 9.84 Å². The van der Waals surface area contributed by atoms with Crippen molar-refractivity contribution in [3.8, 4) is 5.75 Å². The summed E-state index contributed by atoms with van der Waals surface area (Å²) in [5.74, 6) is -0.0471. The summed E-state index contributed by atoms with van der Waals surface area (Å²) in [6, 6.07) is 5.11. The third kappa shape index (κ3) is 1.02. The highest BCUT2D eigenvalue weighted by Gasteiger charge is 2.45. The van der Waals surface area contributed by atoms with E-state index in [0.29, 0.717) is 6.42 Å². The molecule has 1 aromatic carbocycles. The molecular formula is C11H12O3. The molecule has 74 valence electrons. The number of fused-ring (bicyclic) bond motifs is 1. The van der Waals surface area contributed by atoms with Crippen molar-refractivity contribution in [2.24, 2.45) is 0 Å². The van der Waals surface area contributed by atoms with E-state index in [-0.39, 0.29) is 11.7 Å². The first kappa shape index (κ1) is 9.06. The van der Waals surface area contributed by atoms with Crippen molar-refractivity contribution in [2.75, 3.05) is 7.11 Å². The van der Waals surface area contributed by atoms with Crippen molar-refractivity contribution in [3.05, 3.63) is 29.3 Å². The van der Waals surface area contributed by atoms with Crippen molar-refractivity contribution < 1.29 is 14.6 Å². The summed E-state index contributed by atoms with van der Waals surface area (Å²) in [6.07, 6.45) is 0.690. The van der Waals surface area contributed by atoms with Gasteiger partial charge in [0.05, 0.1) is 12.5 Å². The van der Waals surface area contributed by atoms with E-state index in [2.05, 4.69) is 0 Å². The van der Waals surface area contributed by atoms with Gasteiger partial charge in [0.2, 0.25) is 0 Å². The van der Waals surface area contributed by atoms with Crippen LogP contribution in [0.1, 0.15) is 18.1 Å². The first-order valence-electron chi connectivity index (χ1n) is 4.49. The number of rotatable bonds is 1. The van der Waals surface area contributed by atoms with Gasteiger partial charge >= 0.3 is 5.97 Å². The zero-order valence-corrected chi connectivity index (χ0v) is 8.20. The number of hydrogen-bond donors (Lipinski definition) is 1. The molecule has 1 aliphatic rings. The zero-order chi connectivity index (χ0) is 10.3. The number of ether oxygens (including phenoxy) is 1. The Balaban J connectivity index is 2.43. The van der Waals surface area contributed by atoms with Crippen molar-refractivity contribution in [1.82, 2.24) is 0 Å². The second-order valence-corrected chi connectivity index (χ2v) is 3.84. The SMILES string of the molecule is COC(=O)C1(C)Cc2ccc(O)cc21. The number of carbonyl (C=O) groups excluding carboxylic acids is 1. The Hall–Kier alpha value is -1.51. The summed E-state index contributed by atoms with van der Waals surface area (Å²) in [5.41, 5.74) is 1.42. The molecule has 1 aromatic rings. The molecule has 0 spiro atoms. The molecule has 0 saturated carbocycles. The quantitative estimate of drug-likeness (QED) is 0.684. The maximum atomic E-state index is 11.5. The first-order chi connectivity index (χ1) is 6.58. The van der Waals surface area contributed by atoms with Crippen molar-refractivity contribution in [1.29, 1.82) is 0 Å². The van der Waals surface area contributed by atoms with Crippen LogP contribution in [0, 0.1) is 0 Å². The molecule has 0 saturated heterocycles. The molecule has 1 atom stereocenters. The van der Waals surface area contributed by atoms with Crippen LogP contribution < -0.4 is 0 Å². The topological polar surface area (TPSA) is 46.5 Å². The van der Waals surface area contributed by atoms with Crippen LogP contribution in [0.25, 0.3) is 0 Å². The molecule has 0 amide bonds. The molecule has 1 unspecified atom stereocenters. The molecule has 0 fully saturated rings. The van der Waals surface area contributed by atoms with Gasteiger partial charge in [-0.25, -0.2) is 0 Å². The van der Waals surface area contributed by atoms with E-state index in [1.165, 1.54) is 7.11 Å². The number of esters is 1. The van der Waals surface area contributed by atoms with E-state index in [4.69, 9.17) is 4.74 Å². The van der Waals surface area contributed by atoms with E-state index in [1.54, 1.807) is 12.1 Å². The van der Waals surface area contributed by atoms with Gasteiger partial charge in [-0.05, 0) is 36.6 Å². The molecule has 2 rings (SSSR count). The maximum Gasteiger partial charge on any atom is 0.316 e. The normalized spacial score (nSPS) is 23.6. The number of aromatic hydroxyl groups is 1. The van der Waals surface area contributed by atoms with Crippen molar-refractivity contribution in [2.45, 2.75) is 18.8 Å².